The summed E-state index contributed by atoms with van der Waals surface area (Å²) >= 11 is 0. The van der Waals surface area contributed by atoms with Crippen LogP contribution in [0.4, 0.5) is 11.5 Å². The lowest BCUT2D eigenvalue weighted by Crippen LogP contribution is -2.08. The minimum atomic E-state index is -0.439. The number of nitro groups is 1. The van der Waals surface area contributed by atoms with Gasteiger partial charge in [-0.25, -0.2) is 4.68 Å². The molecule has 8 nitrogen and oxygen atoms in total. The third-order valence-electron chi connectivity index (χ3n) is 2.64. The van der Waals surface area contributed by atoms with Gasteiger partial charge in [-0.15, -0.1) is 0 Å². The third-order valence-corrected chi connectivity index (χ3v) is 2.64. The quantitative estimate of drug-likeness (QED) is 0.659. The monoisotopic (exact) mass is 262 g/mol. The normalized spacial score (nSPS) is 10.5. The number of rotatable bonds is 4. The third kappa shape index (κ3) is 2.67. The van der Waals surface area contributed by atoms with E-state index in [1.54, 1.807) is 26.4 Å². The molecule has 0 unspecified atom stereocenters. The van der Waals surface area contributed by atoms with Crippen LogP contribution in [0.5, 0.6) is 0 Å². The molecule has 0 aromatic carbocycles. The predicted molar refractivity (Wildman–Crippen MR) is 68.7 cm³/mol. The summed E-state index contributed by atoms with van der Waals surface area (Å²) in [5.74, 6) is 0.366. The molecule has 0 amide bonds. The van der Waals surface area contributed by atoms with E-state index in [9.17, 15) is 10.1 Å². The van der Waals surface area contributed by atoms with E-state index in [4.69, 9.17) is 0 Å². The molecule has 2 aromatic rings. The molecule has 2 aromatic heterocycles. The van der Waals surface area contributed by atoms with Crippen molar-refractivity contribution < 1.29 is 4.92 Å². The zero-order valence-corrected chi connectivity index (χ0v) is 10.9. The van der Waals surface area contributed by atoms with Crippen molar-refractivity contribution in [3.05, 3.63) is 39.6 Å². The highest BCUT2D eigenvalue weighted by atomic mass is 16.6. The molecule has 0 spiro atoms. The van der Waals surface area contributed by atoms with E-state index in [-0.39, 0.29) is 5.69 Å². The van der Waals surface area contributed by atoms with Crippen LogP contribution in [0, 0.1) is 24.0 Å². The molecule has 2 heterocycles. The van der Waals surface area contributed by atoms with E-state index in [0.29, 0.717) is 23.8 Å². The number of anilines is 1. The standard InChI is InChI=1S/C11H14N6O2/c1-7-4-13-9(5-12-7)6-14-11-10(17(18)19)8(2)15-16(11)3/h4-5,14H,6H2,1-3H3. The molecule has 0 bridgehead atoms. The van der Waals surface area contributed by atoms with Crippen molar-refractivity contribution in [1.82, 2.24) is 19.7 Å². The van der Waals surface area contributed by atoms with Crippen molar-refractivity contribution in [2.45, 2.75) is 20.4 Å². The Morgan fingerprint density at radius 2 is 2.11 bits per heavy atom. The van der Waals surface area contributed by atoms with E-state index in [2.05, 4.69) is 20.4 Å². The summed E-state index contributed by atoms with van der Waals surface area (Å²) in [5, 5.41) is 18.0. The number of nitrogens with zero attached hydrogens (tertiary/aromatic N) is 5. The zero-order valence-electron chi connectivity index (χ0n) is 10.9. The molecule has 8 heteroatoms. The van der Waals surface area contributed by atoms with Crippen LogP contribution in [-0.4, -0.2) is 24.7 Å². The fourth-order valence-corrected chi connectivity index (χ4v) is 1.75. The first-order valence-electron chi connectivity index (χ1n) is 5.68. The van der Waals surface area contributed by atoms with Gasteiger partial charge in [0.05, 0.1) is 29.1 Å². The highest BCUT2D eigenvalue weighted by Crippen LogP contribution is 2.27. The Bertz CT molecular complexity index is 604. The summed E-state index contributed by atoms with van der Waals surface area (Å²) in [6.07, 6.45) is 3.29. The fraction of sp³-hybridized carbons (Fsp3) is 0.364. The van der Waals surface area contributed by atoms with Gasteiger partial charge in [0.15, 0.2) is 0 Å². The van der Waals surface area contributed by atoms with E-state index in [1.807, 2.05) is 6.92 Å². The maximum atomic E-state index is 11.0. The van der Waals surface area contributed by atoms with Crippen molar-refractivity contribution in [3.63, 3.8) is 0 Å². The fourth-order valence-electron chi connectivity index (χ4n) is 1.75. The molecule has 100 valence electrons. The molecule has 0 aliphatic heterocycles. The van der Waals surface area contributed by atoms with Gasteiger partial charge < -0.3 is 5.32 Å². The molecular weight excluding hydrogens is 248 g/mol. The molecule has 0 atom stereocenters. The zero-order chi connectivity index (χ0) is 14.0. The summed E-state index contributed by atoms with van der Waals surface area (Å²) in [7, 11) is 1.66. The summed E-state index contributed by atoms with van der Waals surface area (Å²) in [6.45, 7) is 3.81. The van der Waals surface area contributed by atoms with Gasteiger partial charge in [0, 0.05) is 13.2 Å². The maximum absolute atomic E-state index is 11.0. The largest absolute Gasteiger partial charge is 0.359 e. The van der Waals surface area contributed by atoms with Crippen LogP contribution in [0.25, 0.3) is 0 Å². The van der Waals surface area contributed by atoms with E-state index < -0.39 is 4.92 Å². The molecule has 2 rings (SSSR count). The number of hydrogen-bond acceptors (Lipinski definition) is 6. The van der Waals surface area contributed by atoms with Gasteiger partial charge >= 0.3 is 5.69 Å². The molecule has 0 aliphatic rings. The van der Waals surface area contributed by atoms with E-state index in [0.717, 1.165) is 5.69 Å². The smallest absolute Gasteiger partial charge is 0.333 e. The lowest BCUT2D eigenvalue weighted by atomic mass is 10.3. The highest BCUT2D eigenvalue weighted by Gasteiger charge is 2.23. The molecule has 0 radical (unpaired) electrons. The van der Waals surface area contributed by atoms with E-state index in [1.165, 1.54) is 4.68 Å². The lowest BCUT2D eigenvalue weighted by molar-refractivity contribution is -0.384. The van der Waals surface area contributed by atoms with Crippen molar-refractivity contribution in [2.24, 2.45) is 7.05 Å². The van der Waals surface area contributed by atoms with Crippen LogP contribution < -0.4 is 5.32 Å². The number of hydrogen-bond donors (Lipinski definition) is 1. The van der Waals surface area contributed by atoms with Crippen molar-refractivity contribution >= 4 is 11.5 Å². The van der Waals surface area contributed by atoms with Crippen molar-refractivity contribution in [1.29, 1.82) is 0 Å². The van der Waals surface area contributed by atoms with Crippen LogP contribution in [-0.2, 0) is 13.6 Å². The second-order valence-electron chi connectivity index (χ2n) is 4.17. The Balaban J connectivity index is 2.20. The molecule has 0 saturated heterocycles. The number of aromatic nitrogens is 4. The topological polar surface area (TPSA) is 98.8 Å². The first kappa shape index (κ1) is 12.9. The van der Waals surface area contributed by atoms with Gasteiger partial charge in [-0.05, 0) is 13.8 Å². The van der Waals surface area contributed by atoms with Gasteiger partial charge in [-0.3, -0.25) is 20.1 Å². The summed E-state index contributed by atoms with van der Waals surface area (Å²) in [5.41, 5.74) is 1.90. The number of aryl methyl sites for hydroxylation is 3. The Morgan fingerprint density at radius 3 is 2.68 bits per heavy atom. The van der Waals surface area contributed by atoms with E-state index >= 15 is 0 Å². The van der Waals surface area contributed by atoms with Gasteiger partial charge in [0.25, 0.3) is 0 Å². The van der Waals surface area contributed by atoms with Gasteiger partial charge in [0.1, 0.15) is 5.69 Å². The predicted octanol–water partition coefficient (Wildman–Crippen LogP) is 1.35. The molecule has 0 fully saturated rings. The Morgan fingerprint density at radius 1 is 1.37 bits per heavy atom. The van der Waals surface area contributed by atoms with Crippen LogP contribution in [0.1, 0.15) is 17.1 Å². The SMILES string of the molecule is Cc1cnc(CNc2c([N+](=O)[O-])c(C)nn2C)cn1. The van der Waals surface area contributed by atoms with Crippen molar-refractivity contribution in [2.75, 3.05) is 5.32 Å². The first-order valence-corrected chi connectivity index (χ1v) is 5.68. The molecule has 1 N–H and O–H groups in total. The molecule has 0 saturated carbocycles. The number of nitrogens with one attached hydrogen (secondary N) is 1. The second-order valence-corrected chi connectivity index (χ2v) is 4.17. The highest BCUT2D eigenvalue weighted by molar-refractivity contribution is 5.59. The Hall–Kier alpha value is -2.51. The average Bonchev–Trinajstić information content (AvgIpc) is 2.63. The average molecular weight is 262 g/mol. The minimum absolute atomic E-state index is 0.0115. The molecular formula is C11H14N6O2. The van der Waals surface area contributed by atoms with Crippen molar-refractivity contribution in [3.8, 4) is 0 Å². The first-order chi connectivity index (χ1) is 8.99. The molecule has 19 heavy (non-hydrogen) atoms. The Kier molecular flexibility index (Phi) is 3.41. The summed E-state index contributed by atoms with van der Waals surface area (Å²) in [6, 6.07) is 0. The van der Waals surface area contributed by atoms with Gasteiger partial charge in [-0.1, -0.05) is 0 Å². The van der Waals surface area contributed by atoms with Crippen LogP contribution >= 0.6 is 0 Å². The van der Waals surface area contributed by atoms with Crippen LogP contribution in [0.3, 0.4) is 0 Å². The second kappa shape index (κ2) is 5.01. The molecule has 0 aliphatic carbocycles. The Labute approximate surface area is 109 Å². The van der Waals surface area contributed by atoms with Gasteiger partial charge in [-0.2, -0.15) is 5.10 Å². The minimum Gasteiger partial charge on any atom is -0.359 e. The maximum Gasteiger partial charge on any atom is 0.333 e. The lowest BCUT2D eigenvalue weighted by Gasteiger charge is -2.05. The van der Waals surface area contributed by atoms with Crippen LogP contribution in [0.15, 0.2) is 12.4 Å². The van der Waals surface area contributed by atoms with Crippen LogP contribution in [0.2, 0.25) is 0 Å². The summed E-state index contributed by atoms with van der Waals surface area (Å²) in [4.78, 5) is 18.9. The summed E-state index contributed by atoms with van der Waals surface area (Å²) < 4.78 is 1.45. The van der Waals surface area contributed by atoms with Gasteiger partial charge in [0.2, 0.25) is 5.82 Å².